The number of nitrogens with zero attached hydrogens (tertiary/aromatic N) is 2. The van der Waals surface area contributed by atoms with E-state index in [4.69, 9.17) is 4.84 Å². The molecule has 2 fully saturated rings. The molecule has 1 amide bonds. The summed E-state index contributed by atoms with van der Waals surface area (Å²) in [5.74, 6) is -3.41. The summed E-state index contributed by atoms with van der Waals surface area (Å²) in [5.41, 5.74) is 5.38. The highest BCUT2D eigenvalue weighted by Gasteiger charge is 2.55. The normalized spacial score (nSPS) is 19.6. The summed E-state index contributed by atoms with van der Waals surface area (Å²) < 4.78 is 31.6. The first kappa shape index (κ1) is 28.9. The molecule has 226 valence electrons. The van der Waals surface area contributed by atoms with Crippen LogP contribution in [0.3, 0.4) is 0 Å². The minimum Gasteiger partial charge on any atom is -0.366 e. The molecule has 1 aliphatic heterocycles. The van der Waals surface area contributed by atoms with Crippen LogP contribution in [0.25, 0.3) is 22.4 Å². The maximum atomic E-state index is 15.5. The molecular formula is C34H31BrF2N4O3. The van der Waals surface area contributed by atoms with Crippen molar-refractivity contribution in [2.45, 2.75) is 51.1 Å². The van der Waals surface area contributed by atoms with Crippen molar-refractivity contribution in [2.24, 2.45) is 11.3 Å². The SMILES string of the molecule is CC(C)[C@H](NOC(=O)c1ccccc1)C(=O)N1CC2(CC2)C[C@H]1c1ncc(-c2ccc3c(c2)C(F)(F)c2cc(Br)ccc2-3)[nH]1. The zero-order valence-electron chi connectivity index (χ0n) is 24.2. The van der Waals surface area contributed by atoms with Crippen molar-refractivity contribution in [3.8, 4) is 22.4 Å². The van der Waals surface area contributed by atoms with Crippen LogP contribution in [0.4, 0.5) is 8.78 Å². The average Bonchev–Trinajstić information content (AvgIpc) is 3.33. The van der Waals surface area contributed by atoms with Crippen LogP contribution in [-0.2, 0) is 15.6 Å². The number of alkyl halides is 2. The molecular weight excluding hydrogens is 630 g/mol. The molecule has 2 N–H and O–H groups in total. The predicted molar refractivity (Wildman–Crippen MR) is 165 cm³/mol. The van der Waals surface area contributed by atoms with E-state index in [1.807, 2.05) is 30.9 Å². The maximum Gasteiger partial charge on any atom is 0.356 e. The summed E-state index contributed by atoms with van der Waals surface area (Å²) in [4.78, 5) is 41.7. The van der Waals surface area contributed by atoms with Gasteiger partial charge in [0.05, 0.1) is 23.5 Å². The van der Waals surface area contributed by atoms with Crippen molar-refractivity contribution in [3.05, 3.63) is 99.9 Å². The van der Waals surface area contributed by atoms with Crippen molar-refractivity contribution in [1.29, 1.82) is 0 Å². The van der Waals surface area contributed by atoms with Gasteiger partial charge in [-0.15, -0.1) is 5.48 Å². The molecule has 2 aliphatic carbocycles. The minimum absolute atomic E-state index is 0.0121. The first-order chi connectivity index (χ1) is 21.1. The number of aromatic amines is 1. The fourth-order valence-electron chi connectivity index (χ4n) is 6.49. The average molecular weight is 662 g/mol. The lowest BCUT2D eigenvalue weighted by atomic mass is 10.0. The van der Waals surface area contributed by atoms with Crippen molar-refractivity contribution in [3.63, 3.8) is 0 Å². The lowest BCUT2D eigenvalue weighted by Crippen LogP contribution is -2.50. The number of likely N-dealkylation sites (tertiary alicyclic amines) is 1. The first-order valence-corrected chi connectivity index (χ1v) is 15.6. The van der Waals surface area contributed by atoms with E-state index in [0.717, 1.165) is 19.3 Å². The van der Waals surface area contributed by atoms with Crippen LogP contribution in [0.2, 0.25) is 0 Å². The number of H-pyrrole nitrogens is 1. The first-order valence-electron chi connectivity index (χ1n) is 14.8. The zero-order chi connectivity index (χ0) is 30.8. The molecule has 44 heavy (non-hydrogen) atoms. The molecule has 3 aromatic carbocycles. The number of aromatic nitrogens is 2. The van der Waals surface area contributed by atoms with Crippen molar-refractivity contribution >= 4 is 27.8 Å². The second-order valence-electron chi connectivity index (χ2n) is 12.5. The fourth-order valence-corrected chi connectivity index (χ4v) is 6.85. The molecule has 2 atom stereocenters. The quantitative estimate of drug-likeness (QED) is 0.202. The van der Waals surface area contributed by atoms with Crippen LogP contribution < -0.4 is 5.48 Å². The Morgan fingerprint density at radius 2 is 1.75 bits per heavy atom. The Balaban J connectivity index is 1.13. The third-order valence-electron chi connectivity index (χ3n) is 9.16. The smallest absolute Gasteiger partial charge is 0.356 e. The highest BCUT2D eigenvalue weighted by atomic mass is 79.9. The number of hydrogen-bond acceptors (Lipinski definition) is 5. The Bertz CT molecular complexity index is 1770. The number of imidazole rings is 1. The number of rotatable bonds is 7. The van der Waals surface area contributed by atoms with Crippen LogP contribution in [0, 0.1) is 11.3 Å². The Morgan fingerprint density at radius 1 is 1.05 bits per heavy atom. The number of fused-ring (bicyclic) bond motifs is 3. The summed E-state index contributed by atoms with van der Waals surface area (Å²) in [6.45, 7) is 4.38. The third kappa shape index (κ3) is 4.94. The Morgan fingerprint density at radius 3 is 2.45 bits per heavy atom. The van der Waals surface area contributed by atoms with Crippen LogP contribution in [-0.4, -0.2) is 39.3 Å². The molecule has 0 bridgehead atoms. The molecule has 1 spiro atoms. The van der Waals surface area contributed by atoms with Crippen LogP contribution in [0.15, 0.2) is 77.4 Å². The molecule has 1 aromatic heterocycles. The van der Waals surface area contributed by atoms with Gasteiger partial charge in [-0.25, -0.2) is 9.78 Å². The largest absolute Gasteiger partial charge is 0.366 e. The van der Waals surface area contributed by atoms with E-state index in [-0.39, 0.29) is 34.4 Å². The van der Waals surface area contributed by atoms with Gasteiger partial charge in [0, 0.05) is 27.7 Å². The molecule has 7 rings (SSSR count). The van der Waals surface area contributed by atoms with Gasteiger partial charge in [0.25, 0.3) is 5.92 Å². The number of carbonyl (C=O) groups is 2. The molecule has 4 aromatic rings. The summed E-state index contributed by atoms with van der Waals surface area (Å²) in [6.07, 6.45) is 4.46. The van der Waals surface area contributed by atoms with Crippen molar-refractivity contribution in [2.75, 3.05) is 6.54 Å². The second kappa shape index (κ2) is 10.6. The predicted octanol–water partition coefficient (Wildman–Crippen LogP) is 7.40. The van der Waals surface area contributed by atoms with Gasteiger partial charge in [0.2, 0.25) is 5.91 Å². The van der Waals surface area contributed by atoms with Gasteiger partial charge in [-0.05, 0) is 72.1 Å². The van der Waals surface area contributed by atoms with Crippen LogP contribution in [0.5, 0.6) is 0 Å². The van der Waals surface area contributed by atoms with E-state index < -0.39 is 17.9 Å². The lowest BCUT2D eigenvalue weighted by molar-refractivity contribution is -0.139. The van der Waals surface area contributed by atoms with Gasteiger partial charge in [0.1, 0.15) is 11.9 Å². The maximum absolute atomic E-state index is 15.5. The van der Waals surface area contributed by atoms with Gasteiger partial charge in [0.15, 0.2) is 0 Å². The number of nitrogens with one attached hydrogen (secondary N) is 2. The van der Waals surface area contributed by atoms with Gasteiger partial charge < -0.3 is 14.7 Å². The number of hydrogen-bond donors (Lipinski definition) is 2. The lowest BCUT2D eigenvalue weighted by Gasteiger charge is -2.29. The number of hydroxylamine groups is 1. The standard InChI is InChI=1S/C34H31BrF2N4O3/c1-19(2)29(40-44-32(43)20-6-4-3-5-7-20)31(42)41-18-33(12-13-33)16-28(41)30-38-17-27(39-30)21-8-10-23-24-11-9-22(35)15-26(24)34(36,37)25(23)14-21/h3-11,14-15,17,19,28-29,40H,12-13,16,18H2,1-2H3,(H,38,39)/t28-,29-/m0/s1. The van der Waals surface area contributed by atoms with E-state index >= 15 is 8.78 Å². The molecule has 10 heteroatoms. The monoisotopic (exact) mass is 660 g/mol. The molecule has 3 aliphatic rings. The van der Waals surface area contributed by atoms with Gasteiger partial charge in [-0.1, -0.05) is 66.2 Å². The third-order valence-corrected chi connectivity index (χ3v) is 9.65. The summed E-state index contributed by atoms with van der Waals surface area (Å²) in [7, 11) is 0. The highest BCUT2D eigenvalue weighted by molar-refractivity contribution is 9.10. The number of benzene rings is 3. The van der Waals surface area contributed by atoms with Gasteiger partial charge >= 0.3 is 5.97 Å². The van der Waals surface area contributed by atoms with E-state index in [1.165, 1.54) is 12.1 Å². The molecule has 7 nitrogen and oxygen atoms in total. The molecule has 0 unspecified atom stereocenters. The fraction of sp³-hybridized carbons (Fsp3) is 0.324. The Labute approximate surface area is 262 Å². The Kier molecular flexibility index (Phi) is 6.97. The summed E-state index contributed by atoms with van der Waals surface area (Å²) >= 11 is 3.32. The second-order valence-corrected chi connectivity index (χ2v) is 13.4. The van der Waals surface area contributed by atoms with Crippen molar-refractivity contribution < 1.29 is 23.2 Å². The van der Waals surface area contributed by atoms with E-state index in [9.17, 15) is 9.59 Å². The Hall–Kier alpha value is -3.89. The van der Waals surface area contributed by atoms with Gasteiger partial charge in [-0.2, -0.15) is 8.78 Å². The number of carbonyl (C=O) groups excluding carboxylic acids is 2. The molecule has 0 radical (unpaired) electrons. The van der Waals surface area contributed by atoms with E-state index in [2.05, 4.69) is 31.4 Å². The van der Waals surface area contributed by atoms with Gasteiger partial charge in [-0.3, -0.25) is 4.79 Å². The van der Waals surface area contributed by atoms with Crippen molar-refractivity contribution in [1.82, 2.24) is 20.3 Å². The van der Waals surface area contributed by atoms with Crippen LogP contribution >= 0.6 is 15.9 Å². The molecule has 1 saturated carbocycles. The highest BCUT2D eigenvalue weighted by Crippen LogP contribution is 2.58. The number of halogens is 3. The summed E-state index contributed by atoms with van der Waals surface area (Å²) in [6, 6.07) is 17.6. The van der Waals surface area contributed by atoms with E-state index in [1.54, 1.807) is 48.7 Å². The summed E-state index contributed by atoms with van der Waals surface area (Å²) in [5, 5.41) is 0. The van der Waals surface area contributed by atoms with E-state index in [0.29, 0.717) is 44.8 Å². The molecule has 1 saturated heterocycles. The van der Waals surface area contributed by atoms with Crippen LogP contribution in [0.1, 0.15) is 66.5 Å². The number of amides is 1. The molecule has 2 heterocycles. The minimum atomic E-state index is -3.12. The topological polar surface area (TPSA) is 87.3 Å². The zero-order valence-corrected chi connectivity index (χ0v) is 25.8.